The van der Waals surface area contributed by atoms with Crippen LogP contribution in [0, 0.1) is 11.3 Å². The normalized spacial score (nSPS) is 11.8. The summed E-state index contributed by atoms with van der Waals surface area (Å²) in [7, 11) is 0. The van der Waals surface area contributed by atoms with Crippen LogP contribution in [0.15, 0.2) is 18.3 Å². The quantitative estimate of drug-likeness (QED) is 0.748. The van der Waals surface area contributed by atoms with E-state index in [4.69, 9.17) is 5.26 Å². The Hall–Kier alpha value is -1.60. The van der Waals surface area contributed by atoms with Gasteiger partial charge >= 0.3 is 0 Å². The molecule has 1 aromatic rings. The highest BCUT2D eigenvalue weighted by molar-refractivity contribution is 5.42. The lowest BCUT2D eigenvalue weighted by molar-refractivity contribution is 0.183. The lowest BCUT2D eigenvalue weighted by atomic mass is 10.2. The Morgan fingerprint density at radius 2 is 2.50 bits per heavy atom. The minimum absolute atomic E-state index is 0.373. The largest absolute Gasteiger partial charge is 0.391 e. The number of aromatic nitrogens is 1. The van der Waals surface area contributed by atoms with Crippen LogP contribution < -0.4 is 5.32 Å². The molecule has 1 atom stereocenters. The van der Waals surface area contributed by atoms with E-state index < -0.39 is 0 Å². The van der Waals surface area contributed by atoms with Crippen molar-refractivity contribution >= 4 is 5.82 Å². The number of anilines is 1. The van der Waals surface area contributed by atoms with Crippen LogP contribution in [0.4, 0.5) is 5.82 Å². The maximum absolute atomic E-state index is 9.29. The van der Waals surface area contributed by atoms with Crippen LogP contribution in [-0.2, 0) is 0 Å². The monoisotopic (exact) mass is 191 g/mol. The second-order valence-corrected chi connectivity index (χ2v) is 2.98. The van der Waals surface area contributed by atoms with Crippen LogP contribution in [0.2, 0.25) is 0 Å². The van der Waals surface area contributed by atoms with E-state index in [1.54, 1.807) is 18.3 Å². The highest BCUT2D eigenvalue weighted by Gasteiger charge is 2.01. The maximum Gasteiger partial charge on any atom is 0.127 e. The van der Waals surface area contributed by atoms with Crippen molar-refractivity contribution in [2.75, 3.05) is 11.9 Å². The van der Waals surface area contributed by atoms with E-state index >= 15 is 0 Å². The molecule has 0 aromatic carbocycles. The second kappa shape index (κ2) is 5.20. The number of nitrogens with zero attached hydrogens (tertiary/aromatic N) is 2. The molecular formula is C10H13N3O. The van der Waals surface area contributed by atoms with Crippen molar-refractivity contribution in [3.8, 4) is 6.07 Å². The summed E-state index contributed by atoms with van der Waals surface area (Å²) in [5.41, 5.74) is 0.563. The van der Waals surface area contributed by atoms with Crippen molar-refractivity contribution in [3.63, 3.8) is 0 Å². The molecule has 1 heterocycles. The third-order valence-electron chi connectivity index (χ3n) is 1.88. The van der Waals surface area contributed by atoms with Gasteiger partial charge in [-0.2, -0.15) is 5.26 Å². The van der Waals surface area contributed by atoms with E-state index in [1.807, 2.05) is 13.0 Å². The van der Waals surface area contributed by atoms with Gasteiger partial charge in [-0.3, -0.25) is 0 Å². The SMILES string of the molecule is CCC(O)CNc1cc(C#N)ccn1. The zero-order chi connectivity index (χ0) is 10.4. The number of aliphatic hydroxyl groups is 1. The first-order chi connectivity index (χ1) is 6.76. The molecule has 2 N–H and O–H groups in total. The molecule has 4 heteroatoms. The van der Waals surface area contributed by atoms with Crippen molar-refractivity contribution in [3.05, 3.63) is 23.9 Å². The summed E-state index contributed by atoms with van der Waals surface area (Å²) in [5.74, 6) is 0.622. The minimum atomic E-state index is -0.373. The zero-order valence-electron chi connectivity index (χ0n) is 8.07. The fourth-order valence-electron chi connectivity index (χ4n) is 0.963. The number of aliphatic hydroxyl groups excluding tert-OH is 1. The number of pyridine rings is 1. The Bertz CT molecular complexity index is 332. The van der Waals surface area contributed by atoms with Crippen molar-refractivity contribution in [2.45, 2.75) is 19.4 Å². The Balaban J connectivity index is 2.55. The maximum atomic E-state index is 9.29. The summed E-state index contributed by atoms with van der Waals surface area (Å²) in [4.78, 5) is 4.02. The van der Waals surface area contributed by atoms with Gasteiger partial charge in [-0.05, 0) is 18.6 Å². The Kier molecular flexibility index (Phi) is 3.89. The second-order valence-electron chi connectivity index (χ2n) is 2.98. The summed E-state index contributed by atoms with van der Waals surface area (Å²) < 4.78 is 0. The summed E-state index contributed by atoms with van der Waals surface area (Å²) in [6.07, 6.45) is 1.90. The first kappa shape index (κ1) is 10.5. The minimum Gasteiger partial charge on any atom is -0.391 e. The Labute approximate surface area is 83.2 Å². The number of nitrogens with one attached hydrogen (secondary N) is 1. The first-order valence-corrected chi connectivity index (χ1v) is 4.54. The van der Waals surface area contributed by atoms with E-state index in [0.717, 1.165) is 0 Å². The van der Waals surface area contributed by atoms with Crippen LogP contribution in [-0.4, -0.2) is 22.7 Å². The molecule has 0 bridgehead atoms. The average Bonchev–Trinajstić information content (AvgIpc) is 2.26. The Morgan fingerprint density at radius 1 is 1.71 bits per heavy atom. The molecule has 0 aliphatic carbocycles. The van der Waals surface area contributed by atoms with Crippen LogP contribution in [0.1, 0.15) is 18.9 Å². The summed E-state index contributed by atoms with van der Waals surface area (Å²) in [5, 5.41) is 20.9. The molecule has 0 aliphatic rings. The van der Waals surface area contributed by atoms with Gasteiger partial charge in [0.05, 0.1) is 17.7 Å². The van der Waals surface area contributed by atoms with Gasteiger partial charge in [-0.15, -0.1) is 0 Å². The molecule has 14 heavy (non-hydrogen) atoms. The highest BCUT2D eigenvalue weighted by Crippen LogP contribution is 2.05. The number of nitriles is 1. The van der Waals surface area contributed by atoms with Gasteiger partial charge in [-0.1, -0.05) is 6.92 Å². The van der Waals surface area contributed by atoms with Crippen LogP contribution >= 0.6 is 0 Å². The van der Waals surface area contributed by atoms with Crippen molar-refractivity contribution in [1.29, 1.82) is 5.26 Å². The summed E-state index contributed by atoms with van der Waals surface area (Å²) in [6, 6.07) is 5.32. The molecule has 1 unspecified atom stereocenters. The number of rotatable bonds is 4. The van der Waals surface area contributed by atoms with E-state index in [0.29, 0.717) is 24.3 Å². The fourth-order valence-corrected chi connectivity index (χ4v) is 0.963. The van der Waals surface area contributed by atoms with Gasteiger partial charge in [0.15, 0.2) is 0 Å². The summed E-state index contributed by atoms with van der Waals surface area (Å²) >= 11 is 0. The predicted molar refractivity (Wildman–Crippen MR) is 53.7 cm³/mol. The van der Waals surface area contributed by atoms with E-state index in [1.165, 1.54) is 0 Å². The van der Waals surface area contributed by atoms with Crippen LogP contribution in [0.25, 0.3) is 0 Å². The molecule has 0 saturated heterocycles. The van der Waals surface area contributed by atoms with Crippen molar-refractivity contribution < 1.29 is 5.11 Å². The topological polar surface area (TPSA) is 68.9 Å². The fraction of sp³-hybridized carbons (Fsp3) is 0.400. The van der Waals surface area contributed by atoms with E-state index in [2.05, 4.69) is 10.3 Å². The molecule has 0 spiro atoms. The van der Waals surface area contributed by atoms with Gasteiger partial charge in [0.25, 0.3) is 0 Å². The van der Waals surface area contributed by atoms with Crippen molar-refractivity contribution in [2.24, 2.45) is 0 Å². The molecule has 1 aromatic heterocycles. The molecule has 0 amide bonds. The van der Waals surface area contributed by atoms with Gasteiger partial charge in [0, 0.05) is 12.7 Å². The predicted octanol–water partition coefficient (Wildman–Crippen LogP) is 1.14. The molecule has 4 nitrogen and oxygen atoms in total. The molecule has 0 saturated carbocycles. The van der Waals surface area contributed by atoms with Crippen LogP contribution in [0.5, 0.6) is 0 Å². The molecule has 74 valence electrons. The average molecular weight is 191 g/mol. The van der Waals surface area contributed by atoms with Gasteiger partial charge in [-0.25, -0.2) is 4.98 Å². The lowest BCUT2D eigenvalue weighted by Gasteiger charge is -2.09. The zero-order valence-corrected chi connectivity index (χ0v) is 8.07. The van der Waals surface area contributed by atoms with E-state index in [-0.39, 0.29) is 6.10 Å². The third kappa shape index (κ3) is 3.04. The number of hydrogen-bond donors (Lipinski definition) is 2. The Morgan fingerprint density at radius 3 is 3.14 bits per heavy atom. The lowest BCUT2D eigenvalue weighted by Crippen LogP contribution is -2.18. The molecular weight excluding hydrogens is 178 g/mol. The van der Waals surface area contributed by atoms with Gasteiger partial charge in [0.1, 0.15) is 5.82 Å². The number of hydrogen-bond acceptors (Lipinski definition) is 4. The molecule has 1 rings (SSSR count). The molecule has 0 aliphatic heterocycles. The third-order valence-corrected chi connectivity index (χ3v) is 1.88. The van der Waals surface area contributed by atoms with Gasteiger partial charge < -0.3 is 10.4 Å². The van der Waals surface area contributed by atoms with Crippen LogP contribution in [0.3, 0.4) is 0 Å². The highest BCUT2D eigenvalue weighted by atomic mass is 16.3. The standard InChI is InChI=1S/C10H13N3O/c1-2-9(14)7-13-10-5-8(6-11)3-4-12-10/h3-5,9,14H,2,7H2,1H3,(H,12,13). The molecule has 0 radical (unpaired) electrons. The van der Waals surface area contributed by atoms with E-state index in [9.17, 15) is 5.11 Å². The smallest absolute Gasteiger partial charge is 0.127 e. The molecule has 0 fully saturated rings. The van der Waals surface area contributed by atoms with Crippen molar-refractivity contribution in [1.82, 2.24) is 4.98 Å². The summed E-state index contributed by atoms with van der Waals surface area (Å²) in [6.45, 7) is 2.36. The first-order valence-electron chi connectivity index (χ1n) is 4.54. The van der Waals surface area contributed by atoms with Gasteiger partial charge in [0.2, 0.25) is 0 Å².